The molecular formula is C31H37O19+. The lowest BCUT2D eigenvalue weighted by Crippen LogP contribution is -2.60. The second-order valence-electron chi connectivity index (χ2n) is 11.7. The number of rotatable bonds is 11. The first-order valence-electron chi connectivity index (χ1n) is 15.2. The van der Waals surface area contributed by atoms with Crippen molar-refractivity contribution in [2.45, 2.75) is 80.4 Å². The molecule has 11 unspecified atom stereocenters. The smallest absolute Gasteiger partial charge is 0.306 e. The van der Waals surface area contributed by atoms with Crippen molar-refractivity contribution < 1.29 is 94.2 Å². The Kier molecular flexibility index (Phi) is 11.2. The first-order chi connectivity index (χ1) is 23.7. The summed E-state index contributed by atoms with van der Waals surface area (Å²) in [5.41, 5.74) is 0.260. The molecule has 2 saturated heterocycles. The van der Waals surface area contributed by atoms with Gasteiger partial charge in [0.15, 0.2) is 17.3 Å². The predicted molar refractivity (Wildman–Crippen MR) is 160 cm³/mol. The molecule has 12 N–H and O–H groups in total. The number of benzene rings is 2. The summed E-state index contributed by atoms with van der Waals surface area (Å²) >= 11 is 0. The molecule has 0 aromatic heterocycles. The van der Waals surface area contributed by atoms with Crippen LogP contribution in [0.15, 0.2) is 36.1 Å². The second-order valence-corrected chi connectivity index (χ2v) is 11.7. The Hall–Kier alpha value is -4.44. The number of carboxylic acid groups (broad SMARTS) is 1. The summed E-state index contributed by atoms with van der Waals surface area (Å²) in [6.07, 6.45) is -18.1. The molecule has 0 spiro atoms. The molecule has 0 bridgehead atoms. The quantitative estimate of drug-likeness (QED) is 0.0654. The van der Waals surface area contributed by atoms with Gasteiger partial charge >= 0.3 is 11.9 Å². The molecule has 19 heteroatoms. The van der Waals surface area contributed by atoms with Crippen molar-refractivity contribution in [2.24, 2.45) is 0 Å². The molecule has 3 aliphatic heterocycles. The standard InChI is InChI=1S/C31H36O19/c32-9-19-23(39)25(41)27(43)30(49-19)47-17-7-12(33)6-16-13(17)8-18(29(46-16)11-1-2-14(34)15(35)5-11)48-31-28(44)26(42)24(40)20(50-31)10-45-22(38)4-3-21(36)37/h1-2,5-8,19-20,23-35,39-44H,3-4,9-10H2,(H,36,37)/p+1. The molecule has 5 rings (SSSR count). The van der Waals surface area contributed by atoms with Crippen molar-refractivity contribution in [1.29, 1.82) is 0 Å². The zero-order chi connectivity index (χ0) is 36.4. The number of carbonyl (C=O) groups is 2. The monoisotopic (exact) mass is 713 g/mol. The molecule has 0 saturated carbocycles. The molecule has 3 heterocycles. The topological polar surface area (TPSA) is 316 Å². The molecule has 0 amide bonds. The normalized spacial score (nSPS) is 32.2. The van der Waals surface area contributed by atoms with Gasteiger partial charge in [-0.3, -0.25) is 9.59 Å². The van der Waals surface area contributed by atoms with Gasteiger partial charge in [0, 0.05) is 12.1 Å². The molecule has 0 radical (unpaired) electrons. The molecule has 274 valence electrons. The van der Waals surface area contributed by atoms with Crippen molar-refractivity contribution >= 4 is 18.0 Å². The number of aliphatic hydroxyl groups is 8. The Bertz CT molecular complexity index is 1580. The fraction of sp³-hybridized carbons (Fsp3) is 0.484. The largest absolute Gasteiger partial charge is 0.571 e. The summed E-state index contributed by atoms with van der Waals surface area (Å²) in [5.74, 6) is -3.92. The first kappa shape index (κ1) is 36.8. The fourth-order valence-corrected chi connectivity index (χ4v) is 5.45. The van der Waals surface area contributed by atoms with Crippen LogP contribution in [0.25, 0.3) is 6.08 Å². The van der Waals surface area contributed by atoms with Gasteiger partial charge in [0.05, 0.1) is 31.1 Å². The number of phenolic OH excluding ortho intramolecular Hbond substituents is 3. The van der Waals surface area contributed by atoms with E-state index in [1.807, 2.05) is 0 Å². The lowest BCUT2D eigenvalue weighted by atomic mass is 9.98. The van der Waals surface area contributed by atoms with Crippen LogP contribution in [0.5, 0.6) is 28.7 Å². The SMILES string of the molecule is O=C(O)CCC(=O)OCC1OC(OC2=Cc3c(OC4OC(CO)C(O)C(O)C4O)cc(O)cc3[OH+]C2c2ccc(O)c(O)c2)C(O)C(O)C1O. The van der Waals surface area contributed by atoms with E-state index in [1.165, 1.54) is 18.2 Å². The highest BCUT2D eigenvalue weighted by atomic mass is 16.7. The number of hydrogen-bond acceptors (Lipinski definition) is 17. The minimum absolute atomic E-state index is 0.0428. The zero-order valence-electron chi connectivity index (χ0n) is 25.9. The lowest BCUT2D eigenvalue weighted by molar-refractivity contribution is -0.296. The van der Waals surface area contributed by atoms with Crippen LogP contribution in [-0.4, -0.2) is 147 Å². The second kappa shape index (κ2) is 15.2. The first-order valence-corrected chi connectivity index (χ1v) is 15.2. The number of carbonyl (C=O) groups excluding carboxylic acids is 1. The van der Waals surface area contributed by atoms with Crippen LogP contribution in [0.4, 0.5) is 0 Å². The molecule has 11 atom stereocenters. The van der Waals surface area contributed by atoms with E-state index in [4.69, 9.17) is 28.8 Å². The van der Waals surface area contributed by atoms with Crippen molar-refractivity contribution in [3.8, 4) is 28.7 Å². The number of phenols is 3. The number of aliphatic hydroxyl groups excluding tert-OH is 7. The van der Waals surface area contributed by atoms with Gasteiger partial charge in [-0.1, -0.05) is 0 Å². The lowest BCUT2D eigenvalue weighted by Gasteiger charge is -2.41. The summed E-state index contributed by atoms with van der Waals surface area (Å²) in [4.78, 5) is 22.7. The van der Waals surface area contributed by atoms with Crippen LogP contribution in [-0.2, 0) is 28.5 Å². The number of aromatic hydroxyl groups is 4. The number of hydrogen-bond donors (Lipinski definition) is 11. The van der Waals surface area contributed by atoms with Gasteiger partial charge in [-0.05, 0) is 18.2 Å². The van der Waals surface area contributed by atoms with Crippen LogP contribution in [0.3, 0.4) is 0 Å². The average Bonchev–Trinajstić information content (AvgIpc) is 3.08. The van der Waals surface area contributed by atoms with Gasteiger partial charge in [0.25, 0.3) is 11.9 Å². The van der Waals surface area contributed by atoms with Crippen molar-refractivity contribution in [3.63, 3.8) is 0 Å². The third-order valence-corrected chi connectivity index (χ3v) is 8.21. The Morgan fingerprint density at radius 1 is 0.760 bits per heavy atom. The molecule has 2 aromatic carbocycles. The van der Waals surface area contributed by atoms with E-state index in [0.717, 1.165) is 18.2 Å². The maximum absolute atomic E-state index is 12.0. The minimum atomic E-state index is -1.91. The van der Waals surface area contributed by atoms with Crippen LogP contribution in [0.1, 0.15) is 30.1 Å². The molecule has 3 aliphatic rings. The number of esters is 1. The third kappa shape index (κ3) is 7.80. The van der Waals surface area contributed by atoms with Crippen LogP contribution >= 0.6 is 0 Å². The van der Waals surface area contributed by atoms with Gasteiger partial charge in [0.2, 0.25) is 12.6 Å². The predicted octanol–water partition coefficient (Wildman–Crippen LogP) is -2.45. The Morgan fingerprint density at radius 2 is 1.40 bits per heavy atom. The van der Waals surface area contributed by atoms with E-state index >= 15 is 0 Å². The van der Waals surface area contributed by atoms with Gasteiger partial charge in [-0.2, -0.15) is 0 Å². The van der Waals surface area contributed by atoms with E-state index in [-0.39, 0.29) is 34.1 Å². The molecule has 2 aromatic rings. The van der Waals surface area contributed by atoms with Crippen molar-refractivity contribution in [3.05, 3.63) is 47.2 Å². The van der Waals surface area contributed by atoms with Gasteiger partial charge < -0.3 is 84.6 Å². The van der Waals surface area contributed by atoms with Gasteiger partial charge in [0.1, 0.15) is 72.5 Å². The summed E-state index contributed by atoms with van der Waals surface area (Å²) in [7, 11) is 0. The van der Waals surface area contributed by atoms with E-state index in [2.05, 4.69) is 4.74 Å². The van der Waals surface area contributed by atoms with Gasteiger partial charge in [-0.25, -0.2) is 0 Å². The minimum Gasteiger partial charge on any atom is -0.571 e. The highest BCUT2D eigenvalue weighted by Gasteiger charge is 2.48. The number of aliphatic carboxylic acids is 1. The van der Waals surface area contributed by atoms with Crippen LogP contribution < -0.4 is 4.74 Å². The average molecular weight is 714 g/mol. The third-order valence-electron chi connectivity index (χ3n) is 8.21. The van der Waals surface area contributed by atoms with Crippen molar-refractivity contribution in [1.82, 2.24) is 0 Å². The van der Waals surface area contributed by atoms with Crippen LogP contribution in [0.2, 0.25) is 0 Å². The molecule has 19 nitrogen and oxygen atoms in total. The molecule has 0 aliphatic carbocycles. The van der Waals surface area contributed by atoms with E-state index < -0.39 is 117 Å². The van der Waals surface area contributed by atoms with Crippen molar-refractivity contribution in [2.75, 3.05) is 13.2 Å². The summed E-state index contributed by atoms with van der Waals surface area (Å²) in [5, 5.41) is 112. The highest BCUT2D eigenvalue weighted by Crippen LogP contribution is 2.47. The number of ether oxygens (including phenoxy) is 6. The van der Waals surface area contributed by atoms with E-state index in [9.17, 15) is 60.7 Å². The van der Waals surface area contributed by atoms with Crippen LogP contribution in [0, 0.1) is 0 Å². The summed E-state index contributed by atoms with van der Waals surface area (Å²) < 4.78 is 32.4. The Balaban J connectivity index is 1.47. The number of fused-ring (bicyclic) bond motifs is 1. The molecular weight excluding hydrogens is 676 g/mol. The zero-order valence-corrected chi connectivity index (χ0v) is 25.9. The Labute approximate surface area is 281 Å². The fourth-order valence-electron chi connectivity index (χ4n) is 5.45. The molecule has 50 heavy (non-hydrogen) atoms. The van der Waals surface area contributed by atoms with E-state index in [1.54, 1.807) is 0 Å². The van der Waals surface area contributed by atoms with Gasteiger partial charge in [-0.15, -0.1) is 0 Å². The summed E-state index contributed by atoms with van der Waals surface area (Å²) in [6, 6.07) is 5.99. The highest BCUT2D eigenvalue weighted by molar-refractivity contribution is 5.76. The summed E-state index contributed by atoms with van der Waals surface area (Å²) in [6.45, 7) is -1.41. The maximum Gasteiger partial charge on any atom is 0.306 e. The number of carboxylic acids is 1. The van der Waals surface area contributed by atoms with E-state index in [0.29, 0.717) is 0 Å². The Morgan fingerprint density at radius 3 is 2.04 bits per heavy atom. The molecule has 2 fully saturated rings. The maximum atomic E-state index is 12.0.